The second kappa shape index (κ2) is 10.8. The van der Waals surface area contributed by atoms with Crippen molar-refractivity contribution in [3.8, 4) is 5.75 Å². The van der Waals surface area contributed by atoms with Crippen LogP contribution in [-0.2, 0) is 9.84 Å². The first kappa shape index (κ1) is 24.8. The van der Waals surface area contributed by atoms with Gasteiger partial charge in [0.1, 0.15) is 12.4 Å². The van der Waals surface area contributed by atoms with E-state index in [4.69, 9.17) is 10.5 Å². The Morgan fingerprint density at radius 1 is 1.27 bits per heavy atom. The van der Waals surface area contributed by atoms with Crippen molar-refractivity contribution >= 4 is 39.8 Å². The van der Waals surface area contributed by atoms with Gasteiger partial charge in [-0.05, 0) is 36.6 Å². The van der Waals surface area contributed by atoms with Crippen molar-refractivity contribution in [3.05, 3.63) is 24.3 Å². The molecule has 0 saturated carbocycles. The van der Waals surface area contributed by atoms with Crippen molar-refractivity contribution in [3.63, 3.8) is 0 Å². The molecule has 1 rings (SSSR count). The molecule has 0 aliphatic rings. The molecule has 0 saturated heterocycles. The number of nitrogens with one attached hydrogen (secondary N) is 1. The number of halogens is 4. The summed E-state index contributed by atoms with van der Waals surface area (Å²) in [6.07, 6.45) is 0.923. The van der Waals surface area contributed by atoms with E-state index in [-0.39, 0.29) is 42.3 Å². The fourth-order valence-corrected chi connectivity index (χ4v) is 2.46. The minimum absolute atomic E-state index is 0. The molecule has 26 heavy (non-hydrogen) atoms. The van der Waals surface area contributed by atoms with Crippen molar-refractivity contribution in [1.82, 2.24) is 5.32 Å². The van der Waals surface area contributed by atoms with Crippen LogP contribution in [0, 0.1) is 5.92 Å². The first-order chi connectivity index (χ1) is 11.5. The van der Waals surface area contributed by atoms with Crippen molar-refractivity contribution in [2.75, 3.05) is 19.7 Å². The van der Waals surface area contributed by atoms with Crippen LogP contribution >= 0.6 is 24.0 Å². The summed E-state index contributed by atoms with van der Waals surface area (Å²) >= 11 is 0. The van der Waals surface area contributed by atoms with E-state index in [1.807, 2.05) is 0 Å². The van der Waals surface area contributed by atoms with Gasteiger partial charge in [-0.3, -0.25) is 4.99 Å². The molecule has 0 aliphatic carbocycles. The van der Waals surface area contributed by atoms with Gasteiger partial charge in [-0.25, -0.2) is 8.42 Å². The average Bonchev–Trinajstić information content (AvgIpc) is 2.50. The predicted molar refractivity (Wildman–Crippen MR) is 105 cm³/mol. The minimum Gasteiger partial charge on any atom is -0.492 e. The molecule has 0 aliphatic heterocycles. The molecule has 6 nitrogen and oxygen atoms in total. The quantitative estimate of drug-likeness (QED) is 0.243. The van der Waals surface area contributed by atoms with E-state index < -0.39 is 20.2 Å². The van der Waals surface area contributed by atoms with Gasteiger partial charge in [0, 0.05) is 6.54 Å². The Morgan fingerprint density at radius 3 is 2.35 bits per heavy atom. The van der Waals surface area contributed by atoms with E-state index in [1.54, 1.807) is 0 Å². The summed E-state index contributed by atoms with van der Waals surface area (Å²) in [5.41, 5.74) is 0.330. The van der Waals surface area contributed by atoms with Crippen LogP contribution < -0.4 is 15.8 Å². The number of benzene rings is 1. The maximum atomic E-state index is 12.4. The zero-order chi connectivity index (χ0) is 19.1. The zero-order valence-corrected chi connectivity index (χ0v) is 17.6. The summed E-state index contributed by atoms with van der Waals surface area (Å²) in [4.78, 5) is 3.30. The van der Waals surface area contributed by atoms with Crippen LogP contribution in [0.1, 0.15) is 20.3 Å². The van der Waals surface area contributed by atoms with Crippen LogP contribution in [0.25, 0.3) is 0 Å². The number of alkyl halides is 3. The average molecular weight is 509 g/mol. The van der Waals surface area contributed by atoms with Gasteiger partial charge in [0.2, 0.25) is 0 Å². The third-order valence-electron chi connectivity index (χ3n) is 3.10. The molecule has 0 fully saturated rings. The number of ether oxygens (including phenoxy) is 1. The number of aliphatic imine (C=N–C) groups is 1. The fourth-order valence-electron chi connectivity index (χ4n) is 1.70. The lowest BCUT2D eigenvalue weighted by Gasteiger charge is -2.10. The van der Waals surface area contributed by atoms with E-state index in [0.717, 1.165) is 18.6 Å². The highest BCUT2D eigenvalue weighted by Gasteiger charge is 2.46. The standard InChI is InChI=1S/C15H22F3N3O3S.HI/c1-11(2)7-8-20-14(19)21-9-10-24-12-3-5-13(6-4-12)25(22,23)15(16,17)18;/h3-6,11H,7-10H2,1-2H3,(H3,19,20,21);1H. The summed E-state index contributed by atoms with van der Waals surface area (Å²) in [6.45, 7) is 5.31. The summed E-state index contributed by atoms with van der Waals surface area (Å²) in [5, 5.41) is 2.84. The molecule has 0 radical (unpaired) electrons. The number of nitrogens with two attached hydrogens (primary N) is 1. The largest absolute Gasteiger partial charge is 0.501 e. The van der Waals surface area contributed by atoms with Crippen molar-refractivity contribution in [1.29, 1.82) is 0 Å². The summed E-state index contributed by atoms with van der Waals surface area (Å²) in [6, 6.07) is 4.04. The van der Waals surface area contributed by atoms with E-state index in [2.05, 4.69) is 24.2 Å². The van der Waals surface area contributed by atoms with Crippen molar-refractivity contribution in [2.24, 2.45) is 16.6 Å². The second-order valence-corrected chi connectivity index (χ2v) is 7.59. The van der Waals surface area contributed by atoms with Gasteiger partial charge in [0.25, 0.3) is 9.84 Å². The number of hydrogen-bond donors (Lipinski definition) is 2. The smallest absolute Gasteiger partial charge is 0.492 e. The van der Waals surface area contributed by atoms with Gasteiger partial charge in [0.15, 0.2) is 5.96 Å². The Balaban J connectivity index is 0.00000625. The normalized spacial score (nSPS) is 12.6. The maximum absolute atomic E-state index is 12.4. The highest BCUT2D eigenvalue weighted by atomic mass is 127. The van der Waals surface area contributed by atoms with Crippen LogP contribution in [0.2, 0.25) is 0 Å². The Kier molecular flexibility index (Phi) is 10.3. The van der Waals surface area contributed by atoms with Crippen molar-refractivity contribution < 1.29 is 26.3 Å². The van der Waals surface area contributed by atoms with Gasteiger partial charge >= 0.3 is 5.51 Å². The predicted octanol–water partition coefficient (Wildman–Crippen LogP) is 2.93. The van der Waals surface area contributed by atoms with Gasteiger partial charge in [0.05, 0.1) is 11.4 Å². The third-order valence-corrected chi connectivity index (χ3v) is 4.61. The summed E-state index contributed by atoms with van der Waals surface area (Å²) in [5.74, 6) is 1.07. The lowest BCUT2D eigenvalue weighted by Crippen LogP contribution is -2.34. The van der Waals surface area contributed by atoms with Gasteiger partial charge in [-0.1, -0.05) is 13.8 Å². The Hall–Kier alpha value is -1.24. The molecule has 0 spiro atoms. The summed E-state index contributed by atoms with van der Waals surface area (Å²) < 4.78 is 65.0. The molecule has 1 aromatic rings. The van der Waals surface area contributed by atoms with E-state index in [9.17, 15) is 21.6 Å². The van der Waals surface area contributed by atoms with Crippen LogP contribution in [0.3, 0.4) is 0 Å². The van der Waals surface area contributed by atoms with E-state index in [1.165, 1.54) is 12.1 Å². The van der Waals surface area contributed by atoms with Gasteiger partial charge in [-0.15, -0.1) is 24.0 Å². The summed E-state index contributed by atoms with van der Waals surface area (Å²) in [7, 11) is -5.34. The van der Waals surface area contributed by atoms with Crippen LogP contribution in [0.15, 0.2) is 34.2 Å². The first-order valence-corrected chi connectivity index (χ1v) is 9.10. The number of sulfone groups is 1. The lowest BCUT2D eigenvalue weighted by molar-refractivity contribution is -0.0436. The number of hydrogen-bond acceptors (Lipinski definition) is 4. The molecule has 0 aromatic heterocycles. The molecular weight excluding hydrogens is 486 g/mol. The third kappa shape index (κ3) is 7.98. The Bertz CT molecular complexity index is 678. The molecule has 11 heteroatoms. The molecule has 3 N–H and O–H groups in total. The molecular formula is C15H23F3IN3O3S. The fraction of sp³-hybridized carbons (Fsp3) is 0.533. The van der Waals surface area contributed by atoms with Crippen molar-refractivity contribution in [2.45, 2.75) is 30.7 Å². The molecule has 0 unspecified atom stereocenters. The highest BCUT2D eigenvalue weighted by molar-refractivity contribution is 14.0. The molecule has 150 valence electrons. The molecule has 0 bridgehead atoms. The Labute approximate surface area is 168 Å². The zero-order valence-electron chi connectivity index (χ0n) is 14.4. The Morgan fingerprint density at radius 2 is 1.85 bits per heavy atom. The SMILES string of the molecule is CC(C)CCN=C(N)NCCOc1ccc(S(=O)(=O)C(F)(F)F)cc1.I. The van der Waals surface area contributed by atoms with Gasteiger partial charge in [-0.2, -0.15) is 13.2 Å². The molecule has 0 atom stereocenters. The molecule has 0 heterocycles. The van der Waals surface area contributed by atoms with Gasteiger partial charge < -0.3 is 15.8 Å². The number of nitrogens with zero attached hydrogens (tertiary/aromatic N) is 1. The first-order valence-electron chi connectivity index (χ1n) is 7.62. The topological polar surface area (TPSA) is 93.8 Å². The number of rotatable bonds is 8. The van der Waals surface area contributed by atoms with Crippen LogP contribution in [0.5, 0.6) is 5.75 Å². The van der Waals surface area contributed by atoms with Crippen LogP contribution in [0.4, 0.5) is 13.2 Å². The number of guanidine groups is 1. The minimum atomic E-state index is -5.34. The van der Waals surface area contributed by atoms with Crippen LogP contribution in [-0.4, -0.2) is 39.6 Å². The molecule has 1 aromatic carbocycles. The van der Waals surface area contributed by atoms with E-state index in [0.29, 0.717) is 19.0 Å². The van der Waals surface area contributed by atoms with E-state index >= 15 is 0 Å². The monoisotopic (exact) mass is 509 g/mol. The lowest BCUT2D eigenvalue weighted by atomic mass is 10.1. The molecule has 0 amide bonds. The highest BCUT2D eigenvalue weighted by Crippen LogP contribution is 2.30. The maximum Gasteiger partial charge on any atom is 0.501 e. The second-order valence-electron chi connectivity index (χ2n) is 5.65.